The van der Waals surface area contributed by atoms with Crippen LogP contribution in [0.4, 0.5) is 0 Å². The first-order chi connectivity index (χ1) is 9.54. The maximum absolute atomic E-state index is 9.92. The predicted molar refractivity (Wildman–Crippen MR) is 81.9 cm³/mol. The largest absolute Gasteiger partial charge is 0.489 e. The minimum absolute atomic E-state index is 0.190. The van der Waals surface area contributed by atoms with Gasteiger partial charge in [0, 0.05) is 30.2 Å². The highest BCUT2D eigenvalue weighted by molar-refractivity contribution is 6.34. The van der Waals surface area contributed by atoms with Crippen molar-refractivity contribution in [3.8, 4) is 5.75 Å². The molecule has 20 heavy (non-hydrogen) atoms. The molecule has 1 aliphatic rings. The van der Waals surface area contributed by atoms with Gasteiger partial charge in [-0.15, -0.1) is 0 Å². The van der Waals surface area contributed by atoms with Gasteiger partial charge in [0.15, 0.2) is 0 Å². The van der Waals surface area contributed by atoms with Gasteiger partial charge in [-0.05, 0) is 32.1 Å². The van der Waals surface area contributed by atoms with Gasteiger partial charge in [-0.25, -0.2) is 0 Å². The van der Waals surface area contributed by atoms with Gasteiger partial charge in [0.05, 0.1) is 5.02 Å². The second kappa shape index (κ2) is 7.48. The lowest BCUT2D eigenvalue weighted by molar-refractivity contribution is 0.104. The molecule has 0 aliphatic carbocycles. The van der Waals surface area contributed by atoms with Gasteiger partial charge >= 0.3 is 0 Å². The molecule has 1 saturated heterocycles. The van der Waals surface area contributed by atoms with Crippen LogP contribution >= 0.6 is 23.2 Å². The van der Waals surface area contributed by atoms with Crippen LogP contribution in [0.25, 0.3) is 0 Å². The van der Waals surface area contributed by atoms with E-state index >= 15 is 0 Å². The lowest BCUT2D eigenvalue weighted by atomic mass is 10.2. The number of aliphatic hydroxyl groups is 1. The lowest BCUT2D eigenvalue weighted by Crippen LogP contribution is -2.39. The van der Waals surface area contributed by atoms with Crippen molar-refractivity contribution in [1.82, 2.24) is 10.2 Å². The van der Waals surface area contributed by atoms with Crippen molar-refractivity contribution >= 4 is 23.2 Å². The Morgan fingerprint density at radius 3 is 3.00 bits per heavy atom. The SMILES string of the molecule is CN1CCC(NCC(O)COc2cc(Cl)ccc2Cl)C1. The van der Waals surface area contributed by atoms with Crippen LogP contribution in [0.5, 0.6) is 5.75 Å². The molecule has 0 saturated carbocycles. The van der Waals surface area contributed by atoms with Gasteiger partial charge < -0.3 is 20.1 Å². The molecule has 2 atom stereocenters. The number of likely N-dealkylation sites (tertiary alicyclic amines) is 1. The summed E-state index contributed by atoms with van der Waals surface area (Å²) in [5.41, 5.74) is 0. The molecule has 0 bridgehead atoms. The molecule has 1 aromatic carbocycles. The summed E-state index contributed by atoms with van der Waals surface area (Å²) in [4.78, 5) is 2.27. The molecule has 4 nitrogen and oxygen atoms in total. The fraction of sp³-hybridized carbons (Fsp3) is 0.571. The molecule has 6 heteroatoms. The normalized spacial score (nSPS) is 21.1. The number of rotatable bonds is 6. The van der Waals surface area contributed by atoms with Crippen molar-refractivity contribution in [2.24, 2.45) is 0 Å². The molecule has 2 rings (SSSR count). The van der Waals surface area contributed by atoms with E-state index < -0.39 is 6.10 Å². The van der Waals surface area contributed by atoms with E-state index in [1.165, 1.54) is 0 Å². The molecule has 0 amide bonds. The van der Waals surface area contributed by atoms with Crippen molar-refractivity contribution in [3.05, 3.63) is 28.2 Å². The zero-order valence-corrected chi connectivity index (χ0v) is 13.0. The molecule has 1 heterocycles. The molecule has 112 valence electrons. The van der Waals surface area contributed by atoms with E-state index in [0.29, 0.717) is 28.4 Å². The number of nitrogens with zero attached hydrogens (tertiary/aromatic N) is 1. The van der Waals surface area contributed by atoms with E-state index in [9.17, 15) is 5.11 Å². The Bertz CT molecular complexity index is 445. The maximum atomic E-state index is 9.92. The molecule has 1 aliphatic heterocycles. The van der Waals surface area contributed by atoms with Crippen LogP contribution in [0.3, 0.4) is 0 Å². The van der Waals surface area contributed by atoms with E-state index in [1.54, 1.807) is 18.2 Å². The molecule has 1 fully saturated rings. The minimum atomic E-state index is -0.573. The van der Waals surface area contributed by atoms with Crippen LogP contribution in [0.2, 0.25) is 10.0 Å². The first-order valence-electron chi connectivity index (χ1n) is 6.72. The quantitative estimate of drug-likeness (QED) is 0.842. The number of likely N-dealkylation sites (N-methyl/N-ethyl adjacent to an activating group) is 1. The average molecular weight is 319 g/mol. The molecular weight excluding hydrogens is 299 g/mol. The Balaban J connectivity index is 1.72. The summed E-state index contributed by atoms with van der Waals surface area (Å²) in [7, 11) is 2.10. The van der Waals surface area contributed by atoms with Crippen LogP contribution in [0.1, 0.15) is 6.42 Å². The topological polar surface area (TPSA) is 44.7 Å². The first kappa shape index (κ1) is 15.9. The van der Waals surface area contributed by atoms with E-state index in [4.69, 9.17) is 27.9 Å². The van der Waals surface area contributed by atoms with Crippen molar-refractivity contribution in [2.75, 3.05) is 33.3 Å². The smallest absolute Gasteiger partial charge is 0.139 e. The standard InChI is InChI=1S/C14H20Cl2N2O2/c1-18-5-4-11(8-18)17-7-12(19)9-20-14-6-10(15)2-3-13(14)16/h2-3,6,11-12,17,19H,4-5,7-9H2,1H3. The van der Waals surface area contributed by atoms with Crippen LogP contribution in [0.15, 0.2) is 18.2 Å². The van der Waals surface area contributed by atoms with E-state index in [2.05, 4.69) is 17.3 Å². The maximum Gasteiger partial charge on any atom is 0.139 e. The summed E-state index contributed by atoms with van der Waals surface area (Å²) in [6.45, 7) is 2.82. The van der Waals surface area contributed by atoms with Crippen molar-refractivity contribution < 1.29 is 9.84 Å². The Kier molecular flexibility index (Phi) is 5.93. The highest BCUT2D eigenvalue weighted by atomic mass is 35.5. The van der Waals surface area contributed by atoms with E-state index in [1.807, 2.05) is 0 Å². The molecule has 0 radical (unpaired) electrons. The van der Waals surface area contributed by atoms with Gasteiger partial charge in [0.25, 0.3) is 0 Å². The number of nitrogens with one attached hydrogen (secondary N) is 1. The Morgan fingerprint density at radius 2 is 2.30 bits per heavy atom. The Labute approximate surface area is 129 Å². The van der Waals surface area contributed by atoms with Crippen LogP contribution in [-0.4, -0.2) is 55.4 Å². The number of aliphatic hydroxyl groups excluding tert-OH is 1. The summed E-state index contributed by atoms with van der Waals surface area (Å²) in [6, 6.07) is 5.48. The fourth-order valence-corrected chi connectivity index (χ4v) is 2.57. The monoisotopic (exact) mass is 318 g/mol. The zero-order valence-electron chi connectivity index (χ0n) is 11.5. The number of ether oxygens (including phenoxy) is 1. The number of hydrogen-bond donors (Lipinski definition) is 2. The minimum Gasteiger partial charge on any atom is -0.489 e. The number of halogens is 2. The highest BCUT2D eigenvalue weighted by Crippen LogP contribution is 2.27. The number of hydrogen-bond acceptors (Lipinski definition) is 4. The van der Waals surface area contributed by atoms with Crippen LogP contribution in [-0.2, 0) is 0 Å². The Morgan fingerprint density at radius 1 is 1.50 bits per heavy atom. The fourth-order valence-electron chi connectivity index (χ4n) is 2.24. The molecule has 2 N–H and O–H groups in total. The summed E-state index contributed by atoms with van der Waals surface area (Å²) < 4.78 is 5.50. The lowest BCUT2D eigenvalue weighted by Gasteiger charge is -2.17. The van der Waals surface area contributed by atoms with E-state index in [-0.39, 0.29) is 6.61 Å². The summed E-state index contributed by atoms with van der Waals surface area (Å²) in [6.07, 6.45) is 0.542. The molecule has 1 aromatic rings. The number of benzene rings is 1. The summed E-state index contributed by atoms with van der Waals surface area (Å²) >= 11 is 11.9. The van der Waals surface area contributed by atoms with Gasteiger partial charge in [0.1, 0.15) is 18.5 Å². The molecular formula is C14H20Cl2N2O2. The summed E-state index contributed by atoms with van der Waals surface area (Å²) in [5.74, 6) is 0.499. The van der Waals surface area contributed by atoms with Gasteiger partial charge in [-0.1, -0.05) is 23.2 Å². The zero-order chi connectivity index (χ0) is 14.5. The average Bonchev–Trinajstić information content (AvgIpc) is 2.83. The van der Waals surface area contributed by atoms with Crippen LogP contribution < -0.4 is 10.1 Å². The second-order valence-corrected chi connectivity index (χ2v) is 6.04. The van der Waals surface area contributed by atoms with Gasteiger partial charge in [0.2, 0.25) is 0 Å². The third kappa shape index (κ3) is 4.79. The van der Waals surface area contributed by atoms with Crippen molar-refractivity contribution in [3.63, 3.8) is 0 Å². The first-order valence-corrected chi connectivity index (χ1v) is 7.48. The van der Waals surface area contributed by atoms with Gasteiger partial charge in [-0.3, -0.25) is 0 Å². The predicted octanol–water partition coefficient (Wildman–Crippen LogP) is 2.03. The Hall–Kier alpha value is -0.520. The second-order valence-electron chi connectivity index (χ2n) is 5.20. The highest BCUT2D eigenvalue weighted by Gasteiger charge is 2.19. The summed E-state index contributed by atoms with van der Waals surface area (Å²) in [5, 5.41) is 14.3. The molecule has 0 aromatic heterocycles. The van der Waals surface area contributed by atoms with Crippen molar-refractivity contribution in [2.45, 2.75) is 18.6 Å². The third-order valence-electron chi connectivity index (χ3n) is 3.36. The van der Waals surface area contributed by atoms with Crippen LogP contribution in [0, 0.1) is 0 Å². The molecule has 2 unspecified atom stereocenters. The van der Waals surface area contributed by atoms with Crippen molar-refractivity contribution in [1.29, 1.82) is 0 Å². The molecule has 0 spiro atoms. The van der Waals surface area contributed by atoms with Gasteiger partial charge in [-0.2, -0.15) is 0 Å². The van der Waals surface area contributed by atoms with E-state index in [0.717, 1.165) is 19.5 Å². The third-order valence-corrected chi connectivity index (χ3v) is 3.91.